The third kappa shape index (κ3) is 1.98. The van der Waals surface area contributed by atoms with Gasteiger partial charge in [-0.2, -0.15) is 0 Å². The first-order valence-corrected chi connectivity index (χ1v) is 6.89. The summed E-state index contributed by atoms with van der Waals surface area (Å²) in [5.41, 5.74) is 8.01. The SMILES string of the molecule is CCC1CCCCC1(N)c1csc(C)c1. The van der Waals surface area contributed by atoms with E-state index in [2.05, 4.69) is 25.3 Å². The van der Waals surface area contributed by atoms with Gasteiger partial charge in [-0.25, -0.2) is 0 Å². The average molecular weight is 223 g/mol. The van der Waals surface area contributed by atoms with E-state index in [1.807, 2.05) is 11.3 Å². The summed E-state index contributed by atoms with van der Waals surface area (Å²) >= 11 is 1.83. The number of thiophene rings is 1. The van der Waals surface area contributed by atoms with E-state index >= 15 is 0 Å². The Morgan fingerprint density at radius 2 is 2.33 bits per heavy atom. The summed E-state index contributed by atoms with van der Waals surface area (Å²) in [6, 6.07) is 2.29. The van der Waals surface area contributed by atoms with Gasteiger partial charge in [-0.15, -0.1) is 11.3 Å². The molecule has 1 fully saturated rings. The molecule has 84 valence electrons. The molecular weight excluding hydrogens is 202 g/mol. The maximum Gasteiger partial charge on any atom is 0.0446 e. The monoisotopic (exact) mass is 223 g/mol. The van der Waals surface area contributed by atoms with E-state index < -0.39 is 0 Å². The van der Waals surface area contributed by atoms with Crippen LogP contribution in [-0.4, -0.2) is 0 Å². The molecule has 0 aliphatic heterocycles. The van der Waals surface area contributed by atoms with Gasteiger partial charge in [0, 0.05) is 10.4 Å². The first-order chi connectivity index (χ1) is 7.16. The molecule has 0 aromatic carbocycles. The minimum atomic E-state index is -0.0300. The van der Waals surface area contributed by atoms with Crippen molar-refractivity contribution in [2.75, 3.05) is 0 Å². The van der Waals surface area contributed by atoms with Gasteiger partial charge in [0.05, 0.1) is 0 Å². The lowest BCUT2D eigenvalue weighted by Crippen LogP contribution is -2.45. The number of rotatable bonds is 2. The largest absolute Gasteiger partial charge is 0.321 e. The zero-order chi connectivity index (χ0) is 10.9. The summed E-state index contributed by atoms with van der Waals surface area (Å²) in [4.78, 5) is 1.38. The van der Waals surface area contributed by atoms with Crippen LogP contribution in [-0.2, 0) is 5.54 Å². The third-order valence-corrected chi connectivity index (χ3v) is 4.74. The molecule has 0 bridgehead atoms. The van der Waals surface area contributed by atoms with E-state index in [4.69, 9.17) is 5.73 Å². The Kier molecular flexibility index (Phi) is 3.17. The fourth-order valence-electron chi connectivity index (χ4n) is 2.91. The van der Waals surface area contributed by atoms with Gasteiger partial charge in [0.15, 0.2) is 0 Å². The quantitative estimate of drug-likeness (QED) is 0.810. The maximum absolute atomic E-state index is 6.66. The first kappa shape index (κ1) is 11.2. The first-order valence-electron chi connectivity index (χ1n) is 6.01. The molecule has 1 aliphatic rings. The van der Waals surface area contributed by atoms with Crippen molar-refractivity contribution >= 4 is 11.3 Å². The minimum absolute atomic E-state index is 0.0300. The van der Waals surface area contributed by atoms with Gasteiger partial charge >= 0.3 is 0 Å². The zero-order valence-corrected chi connectivity index (χ0v) is 10.6. The van der Waals surface area contributed by atoms with Crippen molar-refractivity contribution in [3.63, 3.8) is 0 Å². The van der Waals surface area contributed by atoms with Gasteiger partial charge in [-0.05, 0) is 42.7 Å². The highest BCUT2D eigenvalue weighted by Gasteiger charge is 2.37. The van der Waals surface area contributed by atoms with Crippen molar-refractivity contribution in [2.45, 2.75) is 51.5 Å². The molecule has 2 rings (SSSR count). The van der Waals surface area contributed by atoms with Crippen LogP contribution >= 0.6 is 11.3 Å². The van der Waals surface area contributed by atoms with Crippen molar-refractivity contribution in [2.24, 2.45) is 11.7 Å². The summed E-state index contributed by atoms with van der Waals surface area (Å²) in [6.45, 7) is 4.44. The summed E-state index contributed by atoms with van der Waals surface area (Å²) < 4.78 is 0. The highest BCUT2D eigenvalue weighted by molar-refractivity contribution is 7.10. The lowest BCUT2D eigenvalue weighted by molar-refractivity contribution is 0.184. The van der Waals surface area contributed by atoms with E-state index in [1.54, 1.807) is 0 Å². The fraction of sp³-hybridized carbons (Fsp3) is 0.692. The van der Waals surface area contributed by atoms with Crippen LogP contribution < -0.4 is 5.73 Å². The minimum Gasteiger partial charge on any atom is -0.321 e. The Labute approximate surface area is 96.7 Å². The van der Waals surface area contributed by atoms with Gasteiger partial charge in [0.25, 0.3) is 0 Å². The lowest BCUT2D eigenvalue weighted by atomic mass is 9.69. The van der Waals surface area contributed by atoms with E-state index in [1.165, 1.54) is 42.5 Å². The molecule has 0 radical (unpaired) electrons. The molecule has 1 heterocycles. The second-order valence-corrected chi connectivity index (χ2v) is 5.95. The van der Waals surface area contributed by atoms with Gasteiger partial charge in [0.2, 0.25) is 0 Å². The highest BCUT2D eigenvalue weighted by atomic mass is 32.1. The van der Waals surface area contributed by atoms with Crippen LogP contribution in [0.15, 0.2) is 11.4 Å². The molecule has 1 saturated carbocycles. The smallest absolute Gasteiger partial charge is 0.0446 e. The molecule has 1 aromatic heterocycles. The van der Waals surface area contributed by atoms with Crippen LogP contribution in [0.1, 0.15) is 49.5 Å². The predicted molar refractivity (Wildman–Crippen MR) is 67.2 cm³/mol. The molecule has 2 N–H and O–H groups in total. The molecule has 1 nitrogen and oxygen atoms in total. The number of nitrogens with two attached hydrogens (primary N) is 1. The van der Waals surface area contributed by atoms with Crippen LogP contribution in [0.3, 0.4) is 0 Å². The molecule has 0 saturated heterocycles. The highest BCUT2D eigenvalue weighted by Crippen LogP contribution is 2.42. The molecule has 2 heteroatoms. The van der Waals surface area contributed by atoms with Crippen LogP contribution in [0.2, 0.25) is 0 Å². The molecule has 2 atom stereocenters. The normalized spacial score (nSPS) is 31.8. The molecule has 0 spiro atoms. The van der Waals surface area contributed by atoms with Crippen LogP contribution in [0.5, 0.6) is 0 Å². The Morgan fingerprint density at radius 3 is 2.93 bits per heavy atom. The van der Waals surface area contributed by atoms with Crippen molar-refractivity contribution in [1.82, 2.24) is 0 Å². The third-order valence-electron chi connectivity index (χ3n) is 3.88. The van der Waals surface area contributed by atoms with Crippen molar-refractivity contribution in [3.05, 3.63) is 21.9 Å². The van der Waals surface area contributed by atoms with E-state index in [0.29, 0.717) is 5.92 Å². The Bertz CT molecular complexity index is 331. The van der Waals surface area contributed by atoms with E-state index in [-0.39, 0.29) is 5.54 Å². The Hall–Kier alpha value is -0.340. The molecule has 1 aliphatic carbocycles. The molecule has 15 heavy (non-hydrogen) atoms. The predicted octanol–water partition coefficient (Wildman–Crippen LogP) is 3.81. The maximum atomic E-state index is 6.66. The Balaban J connectivity index is 2.29. The van der Waals surface area contributed by atoms with Gasteiger partial charge in [-0.3, -0.25) is 0 Å². The average Bonchev–Trinajstić information content (AvgIpc) is 2.66. The standard InChI is InChI=1S/C13H21NS/c1-3-11-6-4-5-7-13(11,14)12-8-10(2)15-9-12/h8-9,11H,3-7,14H2,1-2H3. The number of hydrogen-bond acceptors (Lipinski definition) is 2. The molecule has 1 aromatic rings. The number of aryl methyl sites for hydroxylation is 1. The molecule has 2 unspecified atom stereocenters. The summed E-state index contributed by atoms with van der Waals surface area (Å²) in [6.07, 6.45) is 6.34. The van der Waals surface area contributed by atoms with Crippen LogP contribution in [0.25, 0.3) is 0 Å². The molecule has 0 amide bonds. The Morgan fingerprint density at radius 1 is 1.53 bits per heavy atom. The topological polar surface area (TPSA) is 26.0 Å². The fourth-order valence-corrected chi connectivity index (χ4v) is 3.70. The lowest BCUT2D eigenvalue weighted by Gasteiger charge is -2.41. The summed E-state index contributed by atoms with van der Waals surface area (Å²) in [5.74, 6) is 0.681. The van der Waals surface area contributed by atoms with Crippen molar-refractivity contribution in [1.29, 1.82) is 0 Å². The van der Waals surface area contributed by atoms with Crippen LogP contribution in [0, 0.1) is 12.8 Å². The zero-order valence-electron chi connectivity index (χ0n) is 9.75. The molecular formula is C13H21NS. The van der Waals surface area contributed by atoms with Crippen molar-refractivity contribution in [3.8, 4) is 0 Å². The summed E-state index contributed by atoms with van der Waals surface area (Å²) in [7, 11) is 0. The van der Waals surface area contributed by atoms with Crippen molar-refractivity contribution < 1.29 is 0 Å². The van der Waals surface area contributed by atoms with E-state index in [0.717, 1.165) is 0 Å². The van der Waals surface area contributed by atoms with Gasteiger partial charge < -0.3 is 5.73 Å². The second kappa shape index (κ2) is 4.26. The van der Waals surface area contributed by atoms with Gasteiger partial charge in [-0.1, -0.05) is 26.2 Å². The second-order valence-electron chi connectivity index (χ2n) is 4.84. The van der Waals surface area contributed by atoms with Gasteiger partial charge in [0.1, 0.15) is 0 Å². The van der Waals surface area contributed by atoms with Crippen LogP contribution in [0.4, 0.5) is 0 Å². The number of hydrogen-bond donors (Lipinski definition) is 1. The summed E-state index contributed by atoms with van der Waals surface area (Å²) in [5, 5.41) is 2.27. The van der Waals surface area contributed by atoms with E-state index in [9.17, 15) is 0 Å².